The topological polar surface area (TPSA) is 94.8 Å². The van der Waals surface area contributed by atoms with Crippen LogP contribution in [0, 0.1) is 0 Å². The van der Waals surface area contributed by atoms with Gasteiger partial charge in [-0.1, -0.05) is 30.3 Å². The number of amides is 1. The number of Topliss-reactive ketones (excluding diaryl/α,β-unsaturated/α-hetero) is 1. The highest BCUT2D eigenvalue weighted by Crippen LogP contribution is 2.42. The van der Waals surface area contributed by atoms with Crippen LogP contribution in [0.5, 0.6) is 0 Å². The molecule has 256 valence electrons. The van der Waals surface area contributed by atoms with Crippen LogP contribution in [0.3, 0.4) is 0 Å². The second-order valence-electron chi connectivity index (χ2n) is 12.1. The smallest absolute Gasteiger partial charge is 0.397 e. The number of anilines is 4. The van der Waals surface area contributed by atoms with Crippen molar-refractivity contribution in [1.29, 1.82) is 0 Å². The molecule has 3 N–H and O–H groups in total. The Balaban J connectivity index is 1.19. The minimum atomic E-state index is -5.00. The molecule has 0 bridgehead atoms. The number of alkyl halides is 6. The van der Waals surface area contributed by atoms with Gasteiger partial charge in [0, 0.05) is 37.1 Å². The molecule has 0 unspecified atom stereocenters. The molecule has 1 spiro atoms. The predicted molar refractivity (Wildman–Crippen MR) is 173 cm³/mol. The minimum absolute atomic E-state index is 0.0157. The van der Waals surface area contributed by atoms with Crippen LogP contribution in [0.1, 0.15) is 39.9 Å². The number of halogens is 6. The van der Waals surface area contributed by atoms with Gasteiger partial charge < -0.3 is 25.8 Å². The van der Waals surface area contributed by atoms with Crippen LogP contribution < -0.4 is 20.9 Å². The molecule has 2 saturated heterocycles. The largest absolute Gasteiger partial charge is 0.416 e. The van der Waals surface area contributed by atoms with Crippen molar-refractivity contribution in [1.82, 2.24) is 9.88 Å². The number of rotatable bonds is 8. The SMILES string of the molecule is Nc1ccccc1NCC(=O)c1ccc(N2CCC3(CC2)C(=O)N(Cc2cc(C(F)(F)F)cc(C(F)(F)F)c2)CN3c2ccccc2)nc1. The summed E-state index contributed by atoms with van der Waals surface area (Å²) in [6, 6.07) is 20.9. The van der Waals surface area contributed by atoms with Crippen LogP contribution in [0.2, 0.25) is 0 Å². The zero-order valence-electron chi connectivity index (χ0n) is 26.1. The quantitative estimate of drug-likeness (QED) is 0.119. The Kier molecular flexibility index (Phi) is 8.90. The van der Waals surface area contributed by atoms with E-state index < -0.39 is 35.6 Å². The Bertz CT molecular complexity index is 1790. The number of aromatic nitrogens is 1. The first-order valence-electron chi connectivity index (χ1n) is 15.5. The number of nitrogens with one attached hydrogen (secondary N) is 1. The van der Waals surface area contributed by atoms with Crippen LogP contribution in [-0.4, -0.2) is 53.4 Å². The lowest BCUT2D eigenvalue weighted by Gasteiger charge is -2.43. The van der Waals surface area contributed by atoms with Gasteiger partial charge in [0.15, 0.2) is 5.78 Å². The van der Waals surface area contributed by atoms with Crippen molar-refractivity contribution in [2.24, 2.45) is 0 Å². The van der Waals surface area contributed by atoms with Gasteiger partial charge in [-0.3, -0.25) is 9.59 Å². The highest BCUT2D eigenvalue weighted by atomic mass is 19.4. The Morgan fingerprint density at radius 1 is 0.857 bits per heavy atom. The third kappa shape index (κ3) is 6.99. The summed E-state index contributed by atoms with van der Waals surface area (Å²) in [7, 11) is 0. The summed E-state index contributed by atoms with van der Waals surface area (Å²) in [6.45, 7) is 0.356. The number of hydrogen-bond donors (Lipinski definition) is 2. The molecule has 1 amide bonds. The van der Waals surface area contributed by atoms with E-state index in [2.05, 4.69) is 10.3 Å². The summed E-state index contributed by atoms with van der Waals surface area (Å²) in [5, 5.41) is 3.02. The highest BCUT2D eigenvalue weighted by Gasteiger charge is 2.54. The van der Waals surface area contributed by atoms with Crippen molar-refractivity contribution in [3.05, 3.63) is 113 Å². The summed E-state index contributed by atoms with van der Waals surface area (Å²) in [6.07, 6.45) is -7.87. The van der Waals surface area contributed by atoms with Gasteiger partial charge in [-0.05, 0) is 73.0 Å². The minimum Gasteiger partial charge on any atom is -0.397 e. The van der Waals surface area contributed by atoms with Crippen LogP contribution in [0.25, 0.3) is 0 Å². The van der Waals surface area contributed by atoms with Gasteiger partial charge in [-0.25, -0.2) is 4.98 Å². The van der Waals surface area contributed by atoms with Crippen LogP contribution in [0.15, 0.2) is 91.1 Å². The van der Waals surface area contributed by atoms with Crippen molar-refractivity contribution in [3.8, 4) is 0 Å². The van der Waals surface area contributed by atoms with Gasteiger partial charge in [0.05, 0.1) is 35.7 Å². The molecule has 14 heteroatoms. The van der Waals surface area contributed by atoms with E-state index in [0.29, 0.717) is 66.5 Å². The standard InChI is InChI=1S/C35H32F6N6O2/c36-34(37,38)25-16-23(17-26(18-25)35(39,40)41)21-46-22-47(27-6-2-1-3-7-27)33(32(46)49)12-14-45(15-13-33)31-11-10-24(19-44-31)30(48)20-43-29-9-5-4-8-28(29)42/h1-11,16-19,43H,12-15,20-22,42H2. The molecule has 2 aliphatic heterocycles. The normalized spacial score (nSPS) is 16.4. The van der Waals surface area contributed by atoms with E-state index >= 15 is 0 Å². The lowest BCUT2D eigenvalue weighted by atomic mass is 9.85. The zero-order valence-corrected chi connectivity index (χ0v) is 26.1. The Morgan fingerprint density at radius 2 is 1.49 bits per heavy atom. The van der Waals surface area contributed by atoms with Gasteiger partial charge in [0.1, 0.15) is 11.4 Å². The number of pyridine rings is 1. The number of para-hydroxylation sites is 3. The Labute approximate surface area is 278 Å². The Hall–Kier alpha value is -5.27. The molecular formula is C35H32F6N6O2. The first kappa shape index (κ1) is 33.6. The highest BCUT2D eigenvalue weighted by molar-refractivity contribution is 5.99. The number of ketones is 1. The van der Waals surface area contributed by atoms with E-state index in [0.717, 1.165) is 0 Å². The van der Waals surface area contributed by atoms with Gasteiger partial charge in [-0.2, -0.15) is 26.3 Å². The van der Waals surface area contributed by atoms with Crippen LogP contribution in [-0.2, 0) is 23.7 Å². The number of carbonyl (C=O) groups is 2. The number of hydrogen-bond acceptors (Lipinski definition) is 7. The summed E-state index contributed by atoms with van der Waals surface area (Å²) in [5.41, 5.74) is 4.01. The molecule has 1 aromatic heterocycles. The molecule has 4 aromatic rings. The lowest BCUT2D eigenvalue weighted by Crippen LogP contribution is -2.56. The maximum Gasteiger partial charge on any atom is 0.416 e. The van der Waals surface area contributed by atoms with E-state index in [-0.39, 0.29) is 36.5 Å². The van der Waals surface area contributed by atoms with Crippen molar-refractivity contribution in [2.75, 3.05) is 47.2 Å². The molecule has 2 fully saturated rings. The van der Waals surface area contributed by atoms with E-state index in [1.807, 2.05) is 28.0 Å². The fourth-order valence-electron chi connectivity index (χ4n) is 6.43. The van der Waals surface area contributed by atoms with Crippen LogP contribution in [0.4, 0.5) is 49.2 Å². The van der Waals surface area contributed by atoms with Gasteiger partial charge in [0.2, 0.25) is 5.91 Å². The number of carbonyl (C=O) groups excluding carboxylic acids is 2. The van der Waals surface area contributed by atoms with E-state index in [9.17, 15) is 35.9 Å². The number of nitrogens with zero attached hydrogens (tertiary/aromatic N) is 4. The van der Waals surface area contributed by atoms with Crippen molar-refractivity contribution in [2.45, 2.75) is 37.3 Å². The fourth-order valence-corrected chi connectivity index (χ4v) is 6.43. The summed E-state index contributed by atoms with van der Waals surface area (Å²) >= 11 is 0. The molecule has 0 atom stereocenters. The van der Waals surface area contributed by atoms with E-state index in [1.165, 1.54) is 11.1 Å². The van der Waals surface area contributed by atoms with Gasteiger partial charge >= 0.3 is 12.4 Å². The molecule has 0 saturated carbocycles. The predicted octanol–water partition coefficient (Wildman–Crippen LogP) is 6.84. The van der Waals surface area contributed by atoms with E-state index in [1.54, 1.807) is 48.5 Å². The van der Waals surface area contributed by atoms with Crippen molar-refractivity contribution >= 4 is 34.6 Å². The third-order valence-corrected chi connectivity index (χ3v) is 8.99. The molecule has 0 aliphatic carbocycles. The van der Waals surface area contributed by atoms with Crippen LogP contribution >= 0.6 is 0 Å². The molecule has 49 heavy (non-hydrogen) atoms. The first-order valence-corrected chi connectivity index (χ1v) is 15.5. The van der Waals surface area contributed by atoms with Gasteiger partial charge in [0.25, 0.3) is 0 Å². The second kappa shape index (κ2) is 13.0. The molecule has 3 heterocycles. The van der Waals surface area contributed by atoms with Crippen molar-refractivity contribution < 1.29 is 35.9 Å². The second-order valence-corrected chi connectivity index (χ2v) is 12.1. The van der Waals surface area contributed by atoms with Gasteiger partial charge in [-0.15, -0.1) is 0 Å². The fraction of sp³-hybridized carbons (Fsp3) is 0.286. The molecule has 0 radical (unpaired) electrons. The maximum absolute atomic E-state index is 14.1. The molecular weight excluding hydrogens is 650 g/mol. The summed E-state index contributed by atoms with van der Waals surface area (Å²) in [4.78, 5) is 36.6. The number of nitrogens with two attached hydrogens (primary N) is 1. The molecule has 8 nitrogen and oxygen atoms in total. The zero-order chi connectivity index (χ0) is 35.0. The average Bonchev–Trinajstić information content (AvgIpc) is 3.33. The lowest BCUT2D eigenvalue weighted by molar-refractivity contribution is -0.143. The Morgan fingerprint density at radius 3 is 2.08 bits per heavy atom. The number of nitrogen functional groups attached to an aromatic ring is 1. The number of piperidine rings is 1. The maximum atomic E-state index is 14.1. The third-order valence-electron chi connectivity index (χ3n) is 8.99. The average molecular weight is 683 g/mol. The molecule has 6 rings (SSSR count). The summed E-state index contributed by atoms with van der Waals surface area (Å²) < 4.78 is 81.3. The monoisotopic (exact) mass is 682 g/mol. The molecule has 2 aliphatic rings. The first-order chi connectivity index (χ1) is 23.2. The number of benzene rings is 3. The summed E-state index contributed by atoms with van der Waals surface area (Å²) in [5.74, 6) is 0.0458. The van der Waals surface area contributed by atoms with Crippen molar-refractivity contribution in [3.63, 3.8) is 0 Å². The van der Waals surface area contributed by atoms with E-state index in [4.69, 9.17) is 5.73 Å². The molecule has 3 aromatic carbocycles.